The number of carbonyl (C=O) groups excluding carboxylic acids is 1. The van der Waals surface area contributed by atoms with Gasteiger partial charge in [-0.3, -0.25) is 19.3 Å². The molecule has 1 saturated heterocycles. The van der Waals surface area contributed by atoms with Gasteiger partial charge in [0.2, 0.25) is 5.91 Å². The Morgan fingerprint density at radius 3 is 1.94 bits per heavy atom. The van der Waals surface area contributed by atoms with Crippen molar-refractivity contribution in [1.29, 1.82) is 0 Å². The van der Waals surface area contributed by atoms with E-state index >= 15 is 0 Å². The fourth-order valence-electron chi connectivity index (χ4n) is 0.934. The molecule has 0 saturated carbocycles. The molecular formula is C9H13N2NaO4S. The summed E-state index contributed by atoms with van der Waals surface area (Å²) in [6, 6.07) is 10.5. The van der Waals surface area contributed by atoms with Crippen molar-refractivity contribution < 1.29 is 18.1 Å². The fourth-order valence-corrected chi connectivity index (χ4v) is 1.32. The zero-order valence-electron chi connectivity index (χ0n) is 9.42. The third-order valence-corrected chi connectivity index (χ3v) is 2.31. The molecule has 1 aromatic carbocycles. The second kappa shape index (κ2) is 10.8. The molecule has 1 amide bonds. The first kappa shape index (κ1) is 16.7. The summed E-state index contributed by atoms with van der Waals surface area (Å²) in [6.45, 7) is 0.777. The molecule has 8 heteroatoms. The van der Waals surface area contributed by atoms with Gasteiger partial charge in [0.1, 0.15) is 0 Å². The molecule has 1 fully saturated rings. The van der Waals surface area contributed by atoms with Gasteiger partial charge in [-0.1, -0.05) is 0 Å². The van der Waals surface area contributed by atoms with E-state index in [1.54, 1.807) is 0 Å². The topological polar surface area (TPSA) is 98.7 Å². The summed E-state index contributed by atoms with van der Waals surface area (Å²) < 4.78 is 24.3. The van der Waals surface area contributed by atoms with Crippen LogP contribution in [-0.2, 0) is 16.2 Å². The van der Waals surface area contributed by atoms with Gasteiger partial charge in [-0.2, -0.15) is 4.21 Å². The van der Waals surface area contributed by atoms with E-state index in [-0.39, 0.29) is 5.91 Å². The molecule has 0 atom stereocenters. The van der Waals surface area contributed by atoms with Crippen molar-refractivity contribution in [1.82, 2.24) is 10.9 Å². The molecule has 6 nitrogen and oxygen atoms in total. The summed E-state index contributed by atoms with van der Waals surface area (Å²) in [7, 11) is 0. The Morgan fingerprint density at radius 1 is 1.24 bits per heavy atom. The van der Waals surface area contributed by atoms with Crippen LogP contribution in [0.15, 0.2) is 30.3 Å². The summed E-state index contributed by atoms with van der Waals surface area (Å²) >= 11 is -1.44. The number of hydrogen-bond donors (Lipinski definition) is 4. The average molecular weight is 268 g/mol. The van der Waals surface area contributed by atoms with Crippen molar-refractivity contribution in [3.05, 3.63) is 30.3 Å². The molecule has 1 aromatic rings. The van der Waals surface area contributed by atoms with E-state index in [9.17, 15) is 4.79 Å². The van der Waals surface area contributed by atoms with Gasteiger partial charge in [0.05, 0.1) is 0 Å². The van der Waals surface area contributed by atoms with Gasteiger partial charge >= 0.3 is 61.1 Å². The molecule has 2 rings (SSSR count). The molecule has 0 spiro atoms. The van der Waals surface area contributed by atoms with E-state index in [1.165, 1.54) is 30.7 Å². The van der Waals surface area contributed by atoms with Crippen molar-refractivity contribution in [2.45, 2.75) is 6.42 Å². The normalized spacial score (nSPS) is 13.1. The minimum absolute atomic E-state index is 0.0926. The van der Waals surface area contributed by atoms with Gasteiger partial charge in [-0.25, -0.2) is 5.43 Å². The van der Waals surface area contributed by atoms with Crippen LogP contribution in [0.1, 0.15) is 6.42 Å². The molecule has 90 valence electrons. The van der Waals surface area contributed by atoms with Crippen molar-refractivity contribution in [3.63, 3.8) is 0 Å². The van der Waals surface area contributed by atoms with E-state index in [0.717, 1.165) is 6.54 Å². The number of amides is 1. The summed E-state index contributed by atoms with van der Waals surface area (Å²) in [5, 5.41) is 0. The molecule has 0 bridgehead atoms. The Hall–Kier alpha value is -0.280. The number of carbonyl (C=O) groups is 1. The van der Waals surface area contributed by atoms with Crippen LogP contribution in [0.25, 0.3) is 0 Å². The first-order valence-electron chi connectivity index (χ1n) is 4.85. The van der Waals surface area contributed by atoms with Crippen molar-refractivity contribution in [3.8, 4) is 0 Å². The Morgan fingerprint density at radius 2 is 1.76 bits per heavy atom. The van der Waals surface area contributed by atoms with Gasteiger partial charge in [-0.15, -0.1) is 0 Å². The Bertz CT molecular complexity index is 338. The Kier molecular flexibility index (Phi) is 10.7. The van der Waals surface area contributed by atoms with Crippen LogP contribution in [0.2, 0.25) is 0 Å². The summed E-state index contributed by atoms with van der Waals surface area (Å²) in [5.41, 5.74) is 5.10. The van der Waals surface area contributed by atoms with Crippen LogP contribution in [-0.4, -0.2) is 53.7 Å². The summed E-state index contributed by atoms with van der Waals surface area (Å²) in [5.74, 6) is 0.0926. The van der Waals surface area contributed by atoms with Gasteiger partial charge < -0.3 is 0 Å². The molecule has 1 heterocycles. The minimum atomic E-state index is -2.61. The van der Waals surface area contributed by atoms with E-state index in [1.807, 2.05) is 6.07 Å². The third-order valence-electron chi connectivity index (χ3n) is 1.65. The maximum absolute atomic E-state index is 10.1. The summed E-state index contributed by atoms with van der Waals surface area (Å²) in [4.78, 5) is 10.1. The molecule has 0 unspecified atom stereocenters. The predicted molar refractivity (Wildman–Crippen MR) is 66.0 cm³/mol. The zero-order valence-corrected chi connectivity index (χ0v) is 12.2. The molecule has 1 aliphatic rings. The number of hydrogen-bond acceptors (Lipinski definition) is 3. The molecule has 0 radical (unpaired) electrons. The average Bonchev–Trinajstić information content (AvgIpc) is 2.70. The quantitative estimate of drug-likeness (QED) is 0.364. The van der Waals surface area contributed by atoms with Crippen LogP contribution < -0.4 is 13.7 Å². The summed E-state index contributed by atoms with van der Waals surface area (Å²) in [6.07, 6.45) is 0.625. The third kappa shape index (κ3) is 13.7. The number of rotatable bonds is 0. The van der Waals surface area contributed by atoms with E-state index in [4.69, 9.17) is 13.3 Å². The van der Waals surface area contributed by atoms with Crippen molar-refractivity contribution in [2.24, 2.45) is 0 Å². The van der Waals surface area contributed by atoms with Crippen LogP contribution >= 0.6 is 0 Å². The van der Waals surface area contributed by atoms with Crippen LogP contribution in [0.5, 0.6) is 0 Å². The van der Waals surface area contributed by atoms with E-state index < -0.39 is 11.4 Å². The first-order chi connectivity index (χ1) is 8.02. The van der Waals surface area contributed by atoms with Crippen LogP contribution in [0, 0.1) is 0 Å². The Balaban J connectivity index is 0.000000236. The van der Waals surface area contributed by atoms with Crippen molar-refractivity contribution in [2.75, 3.05) is 6.54 Å². The number of hydrazine groups is 1. The monoisotopic (exact) mass is 268 g/mol. The molecule has 0 aromatic heterocycles. The van der Waals surface area contributed by atoms with Crippen LogP contribution in [0.4, 0.5) is 0 Å². The first-order valence-corrected chi connectivity index (χ1v) is 6.92. The predicted octanol–water partition coefficient (Wildman–Crippen LogP) is -0.828. The van der Waals surface area contributed by atoms with Crippen molar-refractivity contribution >= 4 is 48.0 Å². The molecule has 0 aliphatic carbocycles. The molecule has 17 heavy (non-hydrogen) atoms. The number of benzene rings is 1. The Labute approximate surface area is 120 Å². The standard InChI is InChI=1S/C6H5.C3H6N2O.Na.H2O3S/c1-2-4-6-5-3-1;6-3-1-2-4-5-3;;1-4(2)3/h1-5H;4H,1-2H2,(H,5,6);;(H2,1,2,3). The van der Waals surface area contributed by atoms with Gasteiger partial charge in [-0.05, 0) is 0 Å². The fraction of sp³-hybridized carbons (Fsp3) is 0.222. The van der Waals surface area contributed by atoms with E-state index in [0.29, 0.717) is 6.42 Å². The number of nitrogens with one attached hydrogen (secondary N) is 2. The SMILES string of the molecule is O=C1CCNN1.O=S(O)O.[Na][c]1ccccc1. The maximum atomic E-state index is 10.1. The zero-order chi connectivity index (χ0) is 13.1. The van der Waals surface area contributed by atoms with Gasteiger partial charge in [0, 0.05) is 13.0 Å². The van der Waals surface area contributed by atoms with Gasteiger partial charge in [0.25, 0.3) is 11.4 Å². The second-order valence-corrected chi connectivity index (χ2v) is 4.73. The molecule has 4 N–H and O–H groups in total. The van der Waals surface area contributed by atoms with Gasteiger partial charge in [0.15, 0.2) is 0 Å². The molecular weight excluding hydrogens is 255 g/mol. The van der Waals surface area contributed by atoms with Crippen LogP contribution in [0.3, 0.4) is 0 Å². The van der Waals surface area contributed by atoms with E-state index in [2.05, 4.69) is 35.1 Å². The second-order valence-electron chi connectivity index (χ2n) is 3.11. The molecule has 1 aliphatic heterocycles.